The molecule has 2 aliphatic rings. The third-order valence-electron chi connectivity index (χ3n) is 6.44. The molecule has 0 bridgehead atoms. The monoisotopic (exact) mass is 391 g/mol. The molecule has 0 N–H and O–H groups in total. The number of sulfonamides is 1. The molecule has 0 radical (unpaired) electrons. The van der Waals surface area contributed by atoms with Gasteiger partial charge in [0.05, 0.1) is 4.90 Å². The van der Waals surface area contributed by atoms with Gasteiger partial charge in [-0.2, -0.15) is 4.31 Å². The molecule has 1 saturated heterocycles. The minimum absolute atomic E-state index is 0.194. The lowest BCUT2D eigenvalue weighted by molar-refractivity contribution is 0.336. The molecule has 1 aliphatic heterocycles. The first-order valence-electron chi connectivity index (χ1n) is 10.8. The molecule has 1 unspecified atom stereocenters. The van der Waals surface area contributed by atoms with Gasteiger partial charge >= 0.3 is 0 Å². The van der Waals surface area contributed by atoms with Gasteiger partial charge in [0, 0.05) is 12.6 Å². The Balaban J connectivity index is 2.03. The predicted octanol–water partition coefficient (Wildman–Crippen LogP) is 6.01. The van der Waals surface area contributed by atoms with E-state index in [0.29, 0.717) is 23.3 Å². The van der Waals surface area contributed by atoms with Crippen molar-refractivity contribution < 1.29 is 8.42 Å². The average molecular weight is 392 g/mol. The third kappa shape index (κ3) is 4.12. The highest BCUT2D eigenvalue weighted by Gasteiger charge is 2.50. The molecule has 2 fully saturated rings. The molecule has 3 nitrogen and oxygen atoms in total. The van der Waals surface area contributed by atoms with Gasteiger partial charge < -0.3 is 0 Å². The van der Waals surface area contributed by atoms with Crippen LogP contribution in [0, 0.1) is 5.92 Å². The SMILES string of the molecule is CC(C)c1cc(C(C)C)c(S(=O)(=O)N2C[C@H]2C2CCCCC2)c(C(C)C)c1. The van der Waals surface area contributed by atoms with Gasteiger partial charge in [-0.3, -0.25) is 0 Å². The van der Waals surface area contributed by atoms with Crippen LogP contribution in [0.25, 0.3) is 0 Å². The van der Waals surface area contributed by atoms with Gasteiger partial charge in [-0.05, 0) is 53.2 Å². The Kier molecular flexibility index (Phi) is 6.08. The molecular weight excluding hydrogens is 354 g/mol. The van der Waals surface area contributed by atoms with Crippen LogP contribution in [0.5, 0.6) is 0 Å². The largest absolute Gasteiger partial charge is 0.244 e. The minimum Gasteiger partial charge on any atom is -0.207 e. The lowest BCUT2D eigenvalue weighted by Gasteiger charge is -2.25. The zero-order chi connectivity index (χ0) is 19.9. The second-order valence-electron chi connectivity index (χ2n) is 9.53. The van der Waals surface area contributed by atoms with Gasteiger partial charge in [0.2, 0.25) is 10.0 Å². The third-order valence-corrected chi connectivity index (χ3v) is 8.47. The van der Waals surface area contributed by atoms with Crippen LogP contribution in [-0.2, 0) is 10.0 Å². The maximum atomic E-state index is 13.7. The molecular formula is C23H37NO2S. The van der Waals surface area contributed by atoms with E-state index in [9.17, 15) is 8.42 Å². The fraction of sp³-hybridized carbons (Fsp3) is 0.739. The molecule has 1 aromatic rings. The lowest BCUT2D eigenvalue weighted by Crippen LogP contribution is -2.24. The van der Waals surface area contributed by atoms with E-state index in [1.54, 1.807) is 4.31 Å². The van der Waals surface area contributed by atoms with Crippen molar-refractivity contribution in [1.29, 1.82) is 0 Å². The summed E-state index contributed by atoms with van der Waals surface area (Å²) in [7, 11) is -3.42. The van der Waals surface area contributed by atoms with E-state index < -0.39 is 10.0 Å². The number of hydrogen-bond acceptors (Lipinski definition) is 2. The number of hydrogen-bond donors (Lipinski definition) is 0. The molecule has 0 amide bonds. The van der Waals surface area contributed by atoms with Gasteiger partial charge in [0.1, 0.15) is 0 Å². The van der Waals surface area contributed by atoms with Crippen molar-refractivity contribution in [3.8, 4) is 0 Å². The summed E-state index contributed by atoms with van der Waals surface area (Å²) in [6, 6.07) is 4.53. The average Bonchev–Trinajstić information content (AvgIpc) is 3.42. The highest BCUT2D eigenvalue weighted by atomic mass is 32.2. The van der Waals surface area contributed by atoms with Crippen molar-refractivity contribution in [3.63, 3.8) is 0 Å². The van der Waals surface area contributed by atoms with Crippen molar-refractivity contribution in [2.75, 3.05) is 6.54 Å². The number of nitrogens with zero attached hydrogens (tertiary/aromatic N) is 1. The minimum atomic E-state index is -3.42. The Bertz CT molecular complexity index is 745. The summed E-state index contributed by atoms with van der Waals surface area (Å²) >= 11 is 0. The molecule has 3 rings (SSSR count). The normalized spacial score (nSPS) is 24.2. The molecule has 1 aromatic carbocycles. The fourth-order valence-corrected chi connectivity index (χ4v) is 6.92. The maximum absolute atomic E-state index is 13.7. The van der Waals surface area contributed by atoms with Gasteiger partial charge in [0.15, 0.2) is 0 Å². The highest BCUT2D eigenvalue weighted by Crippen LogP contribution is 2.43. The van der Waals surface area contributed by atoms with Gasteiger partial charge in [-0.1, -0.05) is 72.9 Å². The van der Waals surface area contributed by atoms with E-state index in [-0.39, 0.29) is 17.9 Å². The Morgan fingerprint density at radius 1 is 0.852 bits per heavy atom. The first-order chi connectivity index (χ1) is 12.6. The van der Waals surface area contributed by atoms with Crippen LogP contribution >= 0.6 is 0 Å². The summed E-state index contributed by atoms with van der Waals surface area (Å²) < 4.78 is 29.2. The first kappa shape index (κ1) is 20.9. The summed E-state index contributed by atoms with van der Waals surface area (Å²) in [6.07, 6.45) is 6.20. The predicted molar refractivity (Wildman–Crippen MR) is 113 cm³/mol. The lowest BCUT2D eigenvalue weighted by atomic mass is 9.87. The molecule has 0 spiro atoms. The van der Waals surface area contributed by atoms with Gasteiger partial charge in [0.25, 0.3) is 0 Å². The van der Waals surface area contributed by atoms with Crippen LogP contribution in [0.2, 0.25) is 0 Å². The number of rotatable bonds is 6. The van der Waals surface area contributed by atoms with E-state index >= 15 is 0 Å². The maximum Gasteiger partial charge on any atom is 0.244 e. The molecule has 4 heteroatoms. The molecule has 1 saturated carbocycles. The molecule has 0 aromatic heterocycles. The Morgan fingerprint density at radius 2 is 1.37 bits per heavy atom. The standard InChI is InChI=1S/C23H37NO2S/c1-15(2)19-12-20(16(3)4)23(21(13-19)17(5)6)27(25,26)24-14-22(24)18-10-8-7-9-11-18/h12-13,15-18,22H,7-11,14H2,1-6H3/t22-,24?/m0/s1. The Morgan fingerprint density at radius 3 is 1.81 bits per heavy atom. The second-order valence-corrected chi connectivity index (χ2v) is 11.4. The Hall–Kier alpha value is -0.870. The Labute approximate surface area is 166 Å². The zero-order valence-electron chi connectivity index (χ0n) is 18.0. The molecule has 152 valence electrons. The molecule has 27 heavy (non-hydrogen) atoms. The van der Waals surface area contributed by atoms with Gasteiger partial charge in [-0.25, -0.2) is 8.42 Å². The summed E-state index contributed by atoms with van der Waals surface area (Å²) in [5.41, 5.74) is 3.24. The zero-order valence-corrected chi connectivity index (χ0v) is 18.8. The fourth-order valence-electron chi connectivity index (χ4n) is 4.62. The topological polar surface area (TPSA) is 37.1 Å². The van der Waals surface area contributed by atoms with E-state index in [4.69, 9.17) is 0 Å². The number of benzene rings is 1. The van der Waals surface area contributed by atoms with Crippen LogP contribution in [0.3, 0.4) is 0 Å². The van der Waals surface area contributed by atoms with Crippen molar-refractivity contribution in [2.24, 2.45) is 5.92 Å². The van der Waals surface area contributed by atoms with Crippen molar-refractivity contribution >= 4 is 10.0 Å². The summed E-state index contributed by atoms with van der Waals surface area (Å²) in [5, 5.41) is 0. The van der Waals surface area contributed by atoms with Crippen LogP contribution in [0.4, 0.5) is 0 Å². The van der Waals surface area contributed by atoms with E-state index in [0.717, 1.165) is 11.1 Å². The van der Waals surface area contributed by atoms with Crippen molar-refractivity contribution in [2.45, 2.75) is 102 Å². The quantitative estimate of drug-likeness (QED) is 0.557. The first-order valence-corrected chi connectivity index (χ1v) is 12.3. The highest BCUT2D eigenvalue weighted by molar-refractivity contribution is 7.89. The summed E-state index contributed by atoms with van der Waals surface area (Å²) in [6.45, 7) is 13.5. The van der Waals surface area contributed by atoms with Crippen LogP contribution in [-0.4, -0.2) is 25.3 Å². The van der Waals surface area contributed by atoms with Crippen LogP contribution in [0.15, 0.2) is 17.0 Å². The van der Waals surface area contributed by atoms with Crippen molar-refractivity contribution in [3.05, 3.63) is 28.8 Å². The van der Waals surface area contributed by atoms with Crippen LogP contribution in [0.1, 0.15) is 108 Å². The molecule has 2 atom stereocenters. The smallest absolute Gasteiger partial charge is 0.207 e. The van der Waals surface area contributed by atoms with E-state index in [2.05, 4.69) is 53.7 Å². The molecule has 1 aliphatic carbocycles. The van der Waals surface area contributed by atoms with Gasteiger partial charge in [-0.15, -0.1) is 0 Å². The van der Waals surface area contributed by atoms with E-state index in [1.165, 1.54) is 37.7 Å². The van der Waals surface area contributed by atoms with E-state index in [1.807, 2.05) is 0 Å². The van der Waals surface area contributed by atoms with Crippen molar-refractivity contribution in [1.82, 2.24) is 4.31 Å². The second kappa shape index (κ2) is 7.87. The van der Waals surface area contributed by atoms with Crippen LogP contribution < -0.4 is 0 Å². The molecule has 1 heterocycles. The summed E-state index contributed by atoms with van der Waals surface area (Å²) in [4.78, 5) is 0.607. The summed E-state index contributed by atoms with van der Waals surface area (Å²) in [5.74, 6) is 1.35.